The highest BCUT2D eigenvalue weighted by Crippen LogP contribution is 2.42. The van der Waals surface area contributed by atoms with E-state index in [1.54, 1.807) is 0 Å². The molecule has 5 nitrogen and oxygen atoms in total. The number of para-hydroxylation sites is 1. The van der Waals surface area contributed by atoms with Crippen molar-refractivity contribution < 1.29 is 4.79 Å². The number of fused-ring (bicyclic) bond motifs is 2. The first kappa shape index (κ1) is 11.7. The van der Waals surface area contributed by atoms with E-state index < -0.39 is 0 Å². The van der Waals surface area contributed by atoms with Gasteiger partial charge in [-0.2, -0.15) is 5.10 Å². The SMILES string of the molecule is O=C(c1n[nH]c2ccccc12)N1C[C@@H]2CN3CC[C@H]2C1C3. The molecule has 1 N–H and O–H groups in total. The lowest BCUT2D eigenvalue weighted by Gasteiger charge is -2.44. The van der Waals surface area contributed by atoms with Crippen LogP contribution in [0.4, 0.5) is 0 Å². The average molecular weight is 282 g/mol. The number of hydrogen-bond donors (Lipinski definition) is 1. The van der Waals surface area contributed by atoms with Crippen molar-refractivity contribution in [2.24, 2.45) is 11.8 Å². The predicted molar refractivity (Wildman–Crippen MR) is 79.0 cm³/mol. The van der Waals surface area contributed by atoms with Gasteiger partial charge in [-0.05, 0) is 30.9 Å². The summed E-state index contributed by atoms with van der Waals surface area (Å²) in [5, 5.41) is 8.20. The van der Waals surface area contributed by atoms with Crippen molar-refractivity contribution in [1.29, 1.82) is 0 Å². The van der Waals surface area contributed by atoms with Crippen LogP contribution in [0.5, 0.6) is 0 Å². The number of piperidine rings is 3. The zero-order valence-electron chi connectivity index (χ0n) is 11.8. The van der Waals surface area contributed by atoms with E-state index in [9.17, 15) is 4.79 Å². The Labute approximate surface area is 122 Å². The summed E-state index contributed by atoms with van der Waals surface area (Å²) in [7, 11) is 0. The Morgan fingerprint density at radius 3 is 3.00 bits per heavy atom. The van der Waals surface area contributed by atoms with Gasteiger partial charge in [0.05, 0.1) is 5.52 Å². The van der Waals surface area contributed by atoms with Crippen molar-refractivity contribution in [1.82, 2.24) is 20.0 Å². The molecular formula is C16H18N4O. The molecule has 0 aliphatic carbocycles. The number of carbonyl (C=O) groups is 1. The number of rotatable bonds is 1. The van der Waals surface area contributed by atoms with Gasteiger partial charge in [-0.15, -0.1) is 0 Å². The smallest absolute Gasteiger partial charge is 0.275 e. The number of H-pyrrole nitrogens is 1. The molecule has 1 aromatic heterocycles. The largest absolute Gasteiger partial charge is 0.332 e. The van der Waals surface area contributed by atoms with Gasteiger partial charge in [-0.3, -0.25) is 9.89 Å². The van der Waals surface area contributed by atoms with Gasteiger partial charge in [0.15, 0.2) is 5.69 Å². The molecule has 2 aromatic rings. The number of benzene rings is 1. The van der Waals surface area contributed by atoms with Gasteiger partial charge in [0, 0.05) is 31.1 Å². The van der Waals surface area contributed by atoms with Gasteiger partial charge in [0.1, 0.15) is 0 Å². The van der Waals surface area contributed by atoms with Crippen molar-refractivity contribution in [2.75, 3.05) is 26.2 Å². The van der Waals surface area contributed by atoms with E-state index in [2.05, 4.69) is 20.0 Å². The lowest BCUT2D eigenvalue weighted by Crippen LogP contribution is -2.54. The van der Waals surface area contributed by atoms with Crippen LogP contribution in [-0.2, 0) is 0 Å². The summed E-state index contributed by atoms with van der Waals surface area (Å²) in [4.78, 5) is 17.6. The molecule has 0 spiro atoms. The number of nitrogens with one attached hydrogen (secondary N) is 1. The van der Waals surface area contributed by atoms with Crippen molar-refractivity contribution in [3.05, 3.63) is 30.0 Å². The van der Waals surface area contributed by atoms with Crippen LogP contribution in [0.25, 0.3) is 10.9 Å². The monoisotopic (exact) mass is 282 g/mol. The van der Waals surface area contributed by atoms with Crippen molar-refractivity contribution in [3.8, 4) is 0 Å². The Hall–Kier alpha value is -1.88. The van der Waals surface area contributed by atoms with E-state index >= 15 is 0 Å². The van der Waals surface area contributed by atoms with E-state index in [1.165, 1.54) is 19.5 Å². The Balaban J connectivity index is 1.52. The molecule has 1 aromatic carbocycles. The molecule has 2 unspecified atom stereocenters. The van der Waals surface area contributed by atoms with E-state index in [1.807, 2.05) is 24.3 Å². The van der Waals surface area contributed by atoms with E-state index in [0.29, 0.717) is 23.6 Å². The van der Waals surface area contributed by atoms with Crippen molar-refractivity contribution >= 4 is 16.8 Å². The fraction of sp³-hybridized carbons (Fsp3) is 0.500. The third kappa shape index (κ3) is 1.55. The van der Waals surface area contributed by atoms with Crippen LogP contribution in [0, 0.1) is 11.8 Å². The standard InChI is InChI=1S/C16H18N4O/c21-16(15-12-3-1-2-4-13(12)17-18-15)20-8-10-7-19-6-5-11(10)14(20)9-19/h1-4,10-11,14H,5-9H2,(H,17,18)/t10-,11+,14?/m0/s1. The molecule has 5 heterocycles. The summed E-state index contributed by atoms with van der Waals surface area (Å²) >= 11 is 0. The highest BCUT2D eigenvalue weighted by atomic mass is 16.2. The quantitative estimate of drug-likeness (QED) is 0.859. The molecule has 1 amide bonds. The molecular weight excluding hydrogens is 264 g/mol. The summed E-state index contributed by atoms with van der Waals surface area (Å²) in [6.45, 7) is 4.35. The van der Waals surface area contributed by atoms with Crippen molar-refractivity contribution in [2.45, 2.75) is 12.5 Å². The number of hydrogen-bond acceptors (Lipinski definition) is 3. The molecule has 4 atom stereocenters. The summed E-state index contributed by atoms with van der Waals surface area (Å²) in [5.74, 6) is 1.49. The van der Waals surface area contributed by atoms with Crippen LogP contribution >= 0.6 is 0 Å². The van der Waals surface area contributed by atoms with Crippen molar-refractivity contribution in [3.63, 3.8) is 0 Å². The number of aromatic nitrogens is 2. The summed E-state index contributed by atoms with van der Waals surface area (Å²) in [5.41, 5.74) is 1.53. The highest BCUT2D eigenvalue weighted by Gasteiger charge is 2.51. The number of aromatic amines is 1. The highest BCUT2D eigenvalue weighted by molar-refractivity contribution is 6.04. The van der Waals surface area contributed by atoms with Gasteiger partial charge in [-0.25, -0.2) is 0 Å². The average Bonchev–Trinajstić information content (AvgIpc) is 3.06. The lowest BCUT2D eigenvalue weighted by atomic mass is 9.80. The molecule has 4 bridgehead atoms. The molecule has 21 heavy (non-hydrogen) atoms. The second-order valence-corrected chi connectivity index (χ2v) is 6.61. The number of nitrogens with zero attached hydrogens (tertiary/aromatic N) is 3. The molecule has 6 rings (SSSR count). The van der Waals surface area contributed by atoms with E-state index in [-0.39, 0.29) is 5.91 Å². The van der Waals surface area contributed by atoms with Gasteiger partial charge in [0.2, 0.25) is 0 Å². The fourth-order valence-corrected chi connectivity index (χ4v) is 4.60. The topological polar surface area (TPSA) is 52.2 Å². The minimum atomic E-state index is 0.105. The summed E-state index contributed by atoms with van der Waals surface area (Å²) in [6, 6.07) is 8.27. The van der Waals surface area contributed by atoms with Gasteiger partial charge >= 0.3 is 0 Å². The van der Waals surface area contributed by atoms with E-state index in [0.717, 1.165) is 24.0 Å². The van der Waals surface area contributed by atoms with Gasteiger partial charge < -0.3 is 9.80 Å². The predicted octanol–water partition coefficient (Wildman–Crippen LogP) is 1.34. The van der Waals surface area contributed by atoms with Gasteiger partial charge in [0.25, 0.3) is 5.91 Å². The molecule has 4 aliphatic rings. The van der Waals surface area contributed by atoms with Crippen LogP contribution in [0.3, 0.4) is 0 Å². The summed E-state index contributed by atoms with van der Waals surface area (Å²) < 4.78 is 0. The molecule has 4 aliphatic heterocycles. The molecule has 0 saturated carbocycles. The first-order chi connectivity index (χ1) is 10.3. The molecule has 0 radical (unpaired) electrons. The maximum Gasteiger partial charge on any atom is 0.275 e. The fourth-order valence-electron chi connectivity index (χ4n) is 4.60. The third-order valence-electron chi connectivity index (χ3n) is 5.58. The Kier molecular flexibility index (Phi) is 2.28. The minimum Gasteiger partial charge on any atom is -0.332 e. The second kappa shape index (κ2) is 4.07. The third-order valence-corrected chi connectivity index (χ3v) is 5.58. The summed E-state index contributed by atoms with van der Waals surface area (Å²) in [6.07, 6.45) is 1.25. The Morgan fingerprint density at radius 2 is 2.14 bits per heavy atom. The van der Waals surface area contributed by atoms with Crippen LogP contribution < -0.4 is 0 Å². The van der Waals surface area contributed by atoms with Crippen LogP contribution in [0.15, 0.2) is 24.3 Å². The minimum absolute atomic E-state index is 0.105. The zero-order chi connectivity index (χ0) is 14.0. The lowest BCUT2D eigenvalue weighted by molar-refractivity contribution is 0.0420. The van der Waals surface area contributed by atoms with Gasteiger partial charge in [-0.1, -0.05) is 18.2 Å². The maximum absolute atomic E-state index is 13.0. The van der Waals surface area contributed by atoms with Crippen LogP contribution in [-0.4, -0.2) is 58.1 Å². The number of amides is 1. The molecule has 4 fully saturated rings. The number of likely N-dealkylation sites (tertiary alicyclic amines) is 1. The van der Waals surface area contributed by atoms with Crippen LogP contribution in [0.1, 0.15) is 16.9 Å². The zero-order valence-corrected chi connectivity index (χ0v) is 11.8. The Bertz CT molecular complexity index is 724. The number of carbonyl (C=O) groups excluding carboxylic acids is 1. The molecule has 4 saturated heterocycles. The first-order valence-electron chi connectivity index (χ1n) is 7.78. The molecule has 108 valence electrons. The first-order valence-corrected chi connectivity index (χ1v) is 7.78. The van der Waals surface area contributed by atoms with E-state index in [4.69, 9.17) is 0 Å². The normalized spacial score (nSPS) is 33.8. The second-order valence-electron chi connectivity index (χ2n) is 6.61. The van der Waals surface area contributed by atoms with Crippen LogP contribution in [0.2, 0.25) is 0 Å². The Morgan fingerprint density at radius 1 is 1.24 bits per heavy atom. The molecule has 5 heteroatoms. The maximum atomic E-state index is 13.0.